The lowest BCUT2D eigenvalue weighted by Gasteiger charge is -2.32. The Balaban J connectivity index is 1.64. The van der Waals surface area contributed by atoms with Crippen LogP contribution in [0.25, 0.3) is 5.65 Å². The average Bonchev–Trinajstić information content (AvgIpc) is 2.90. The number of fused-ring (bicyclic) bond motifs is 1. The fraction of sp³-hybridized carbons (Fsp3) is 0.611. The first-order valence-electron chi connectivity index (χ1n) is 8.80. The van der Waals surface area contributed by atoms with Crippen molar-refractivity contribution in [3.8, 4) is 0 Å². The summed E-state index contributed by atoms with van der Waals surface area (Å²) in [4.78, 5) is 18.2. The van der Waals surface area contributed by atoms with Crippen LogP contribution in [0.1, 0.15) is 43.1 Å². The number of hydrogen-bond acceptors (Lipinski definition) is 4. The summed E-state index contributed by atoms with van der Waals surface area (Å²) in [5.74, 6) is 0.717. The first kappa shape index (κ1) is 16.9. The third-order valence-corrected chi connectivity index (χ3v) is 4.77. The summed E-state index contributed by atoms with van der Waals surface area (Å²) in [5, 5.41) is 7.40. The summed E-state index contributed by atoms with van der Waals surface area (Å²) in [6.07, 6.45) is 5.48. The Morgan fingerprint density at radius 3 is 3.04 bits per heavy atom. The number of nitrogens with one attached hydrogen (secondary N) is 1. The maximum atomic E-state index is 11.0. The highest BCUT2D eigenvalue weighted by atomic mass is 16.1. The molecule has 1 aliphatic rings. The van der Waals surface area contributed by atoms with Gasteiger partial charge in [-0.3, -0.25) is 9.69 Å². The molecule has 6 heteroatoms. The number of carbonyl (C=O) groups excluding carboxylic acids is 1. The normalized spacial score (nSPS) is 18.9. The van der Waals surface area contributed by atoms with Crippen molar-refractivity contribution in [2.45, 2.75) is 46.6 Å². The van der Waals surface area contributed by atoms with Gasteiger partial charge in [-0.2, -0.15) is 5.10 Å². The van der Waals surface area contributed by atoms with Crippen LogP contribution >= 0.6 is 0 Å². The van der Waals surface area contributed by atoms with Gasteiger partial charge in [0.1, 0.15) is 0 Å². The van der Waals surface area contributed by atoms with Gasteiger partial charge in [0.2, 0.25) is 5.91 Å². The van der Waals surface area contributed by atoms with Gasteiger partial charge >= 0.3 is 0 Å². The molecule has 130 valence electrons. The number of aromatic nitrogens is 3. The predicted octanol–water partition coefficient (Wildman–Crippen LogP) is 2.08. The molecule has 0 bridgehead atoms. The molecule has 1 aliphatic heterocycles. The van der Waals surface area contributed by atoms with Crippen LogP contribution in [0.2, 0.25) is 0 Å². The van der Waals surface area contributed by atoms with E-state index in [1.165, 1.54) is 18.4 Å². The van der Waals surface area contributed by atoms with E-state index in [1.54, 1.807) is 6.92 Å². The largest absolute Gasteiger partial charge is 0.356 e. The number of rotatable bonds is 5. The van der Waals surface area contributed by atoms with E-state index in [9.17, 15) is 4.79 Å². The summed E-state index contributed by atoms with van der Waals surface area (Å²) < 4.78 is 1.93. The van der Waals surface area contributed by atoms with Gasteiger partial charge in [0.15, 0.2) is 5.65 Å². The highest BCUT2D eigenvalue weighted by Gasteiger charge is 2.21. The third kappa shape index (κ3) is 3.93. The molecule has 1 N–H and O–H groups in total. The van der Waals surface area contributed by atoms with E-state index in [1.807, 2.05) is 17.6 Å². The molecule has 6 nitrogen and oxygen atoms in total. The molecule has 3 rings (SSSR count). The van der Waals surface area contributed by atoms with Crippen molar-refractivity contribution < 1.29 is 4.79 Å². The van der Waals surface area contributed by atoms with Crippen molar-refractivity contribution in [1.82, 2.24) is 24.8 Å². The topological polar surface area (TPSA) is 62.5 Å². The fourth-order valence-electron chi connectivity index (χ4n) is 3.65. The Hall–Kier alpha value is -1.95. The number of amides is 1. The first-order chi connectivity index (χ1) is 11.5. The van der Waals surface area contributed by atoms with Gasteiger partial charge in [-0.15, -0.1) is 0 Å². The maximum absolute atomic E-state index is 11.0. The lowest BCUT2D eigenvalue weighted by atomic mass is 9.94. The summed E-state index contributed by atoms with van der Waals surface area (Å²) in [7, 11) is 0. The summed E-state index contributed by atoms with van der Waals surface area (Å²) in [6.45, 7) is 9.57. The molecule has 1 atom stereocenters. The standard InChI is InChI=1S/C18H27N5O/c1-13-9-14(2)23-18(21-13)17(10-20-23)12-22-8-4-5-16(11-22)6-7-19-15(3)24/h9-10,16H,4-8,11-12H2,1-3H3,(H,19,24)/t16-/m0/s1. The van der Waals surface area contributed by atoms with Crippen LogP contribution in [-0.2, 0) is 11.3 Å². The number of hydrogen-bond donors (Lipinski definition) is 1. The molecule has 1 fully saturated rings. The van der Waals surface area contributed by atoms with Gasteiger partial charge in [-0.05, 0) is 51.6 Å². The van der Waals surface area contributed by atoms with Crippen LogP contribution in [0.5, 0.6) is 0 Å². The molecule has 0 spiro atoms. The zero-order valence-electron chi connectivity index (χ0n) is 14.9. The highest BCUT2D eigenvalue weighted by Crippen LogP contribution is 2.22. The van der Waals surface area contributed by atoms with Crippen LogP contribution in [0.15, 0.2) is 12.3 Å². The van der Waals surface area contributed by atoms with Crippen molar-refractivity contribution in [1.29, 1.82) is 0 Å². The maximum Gasteiger partial charge on any atom is 0.216 e. The fourth-order valence-corrected chi connectivity index (χ4v) is 3.65. The molecule has 2 aromatic rings. The van der Waals surface area contributed by atoms with Crippen molar-refractivity contribution in [2.75, 3.05) is 19.6 Å². The molecule has 0 aromatic carbocycles. The molecule has 3 heterocycles. The van der Waals surface area contributed by atoms with Gasteiger partial charge in [0.25, 0.3) is 0 Å². The smallest absolute Gasteiger partial charge is 0.216 e. The van der Waals surface area contributed by atoms with Crippen LogP contribution in [-0.4, -0.2) is 45.0 Å². The summed E-state index contributed by atoms with van der Waals surface area (Å²) in [6, 6.07) is 2.06. The molecule has 0 aliphatic carbocycles. The second-order valence-corrected chi connectivity index (χ2v) is 6.96. The van der Waals surface area contributed by atoms with Crippen LogP contribution in [0.4, 0.5) is 0 Å². The van der Waals surface area contributed by atoms with Crippen molar-refractivity contribution >= 4 is 11.6 Å². The Morgan fingerprint density at radius 2 is 2.25 bits per heavy atom. The monoisotopic (exact) mass is 329 g/mol. The van der Waals surface area contributed by atoms with E-state index >= 15 is 0 Å². The Labute approximate surface area is 143 Å². The minimum atomic E-state index is 0.0610. The number of piperidine rings is 1. The van der Waals surface area contributed by atoms with E-state index in [0.29, 0.717) is 5.92 Å². The zero-order valence-corrected chi connectivity index (χ0v) is 14.9. The van der Waals surface area contributed by atoms with E-state index in [2.05, 4.69) is 33.3 Å². The predicted molar refractivity (Wildman–Crippen MR) is 93.8 cm³/mol. The Kier molecular flexibility index (Phi) is 5.14. The molecule has 0 radical (unpaired) electrons. The second-order valence-electron chi connectivity index (χ2n) is 6.96. The van der Waals surface area contributed by atoms with E-state index in [0.717, 1.165) is 49.6 Å². The minimum absolute atomic E-state index is 0.0610. The lowest BCUT2D eigenvalue weighted by molar-refractivity contribution is -0.119. The second kappa shape index (κ2) is 7.30. The summed E-state index contributed by atoms with van der Waals surface area (Å²) >= 11 is 0. The van der Waals surface area contributed by atoms with E-state index in [-0.39, 0.29) is 5.91 Å². The number of carbonyl (C=O) groups is 1. The molecule has 1 saturated heterocycles. The van der Waals surface area contributed by atoms with E-state index in [4.69, 9.17) is 0 Å². The highest BCUT2D eigenvalue weighted by molar-refractivity contribution is 5.72. The SMILES string of the molecule is CC(=O)NCC[C@@H]1CCCN(Cc2cnn3c(C)cc(C)nc23)C1. The molecular formula is C18H27N5O. The molecule has 1 amide bonds. The zero-order chi connectivity index (χ0) is 17.1. The van der Waals surface area contributed by atoms with Crippen molar-refractivity contribution in [2.24, 2.45) is 5.92 Å². The number of nitrogens with zero attached hydrogens (tertiary/aromatic N) is 4. The van der Waals surface area contributed by atoms with Crippen molar-refractivity contribution in [3.63, 3.8) is 0 Å². The van der Waals surface area contributed by atoms with Gasteiger partial charge in [-0.25, -0.2) is 9.50 Å². The molecule has 0 unspecified atom stereocenters. The van der Waals surface area contributed by atoms with Gasteiger partial charge < -0.3 is 5.32 Å². The van der Waals surface area contributed by atoms with Gasteiger partial charge in [0, 0.05) is 43.5 Å². The van der Waals surface area contributed by atoms with Crippen molar-refractivity contribution in [3.05, 3.63) is 29.2 Å². The molecular weight excluding hydrogens is 302 g/mol. The quantitative estimate of drug-likeness (QED) is 0.912. The molecule has 2 aromatic heterocycles. The van der Waals surface area contributed by atoms with Gasteiger partial charge in [0.05, 0.1) is 6.20 Å². The number of aryl methyl sites for hydroxylation is 2. The average molecular weight is 329 g/mol. The Morgan fingerprint density at radius 1 is 1.42 bits per heavy atom. The van der Waals surface area contributed by atoms with Gasteiger partial charge in [-0.1, -0.05) is 0 Å². The summed E-state index contributed by atoms with van der Waals surface area (Å²) in [5.41, 5.74) is 4.33. The van der Waals surface area contributed by atoms with Crippen LogP contribution in [0.3, 0.4) is 0 Å². The number of likely N-dealkylation sites (tertiary alicyclic amines) is 1. The lowest BCUT2D eigenvalue weighted by Crippen LogP contribution is -2.36. The molecule has 24 heavy (non-hydrogen) atoms. The molecule has 0 saturated carbocycles. The van der Waals surface area contributed by atoms with Crippen LogP contribution < -0.4 is 5.32 Å². The Bertz CT molecular complexity index is 724. The van der Waals surface area contributed by atoms with Crippen LogP contribution in [0, 0.1) is 19.8 Å². The minimum Gasteiger partial charge on any atom is -0.356 e. The first-order valence-corrected chi connectivity index (χ1v) is 8.80. The van der Waals surface area contributed by atoms with E-state index < -0.39 is 0 Å². The third-order valence-electron chi connectivity index (χ3n) is 4.77.